The van der Waals surface area contributed by atoms with Crippen LogP contribution in [0.15, 0.2) is 41.4 Å². The molecule has 0 fully saturated rings. The molecule has 2 aromatic carbocycles. The summed E-state index contributed by atoms with van der Waals surface area (Å²) < 4.78 is 13.2. The van der Waals surface area contributed by atoms with Crippen LogP contribution in [0.1, 0.15) is 56.7 Å². The zero-order valence-corrected chi connectivity index (χ0v) is 15.6. The quantitative estimate of drug-likeness (QED) is 0.738. The van der Waals surface area contributed by atoms with E-state index in [9.17, 15) is 9.18 Å². The van der Waals surface area contributed by atoms with Crippen LogP contribution in [0.4, 0.5) is 15.8 Å². The molecule has 1 amide bonds. The van der Waals surface area contributed by atoms with Crippen LogP contribution in [0.25, 0.3) is 0 Å². The topological polar surface area (TPSA) is 32.7 Å². The maximum atomic E-state index is 13.3. The van der Waals surface area contributed by atoms with Gasteiger partial charge in [0.25, 0.3) is 5.91 Å². The van der Waals surface area contributed by atoms with Crippen LogP contribution in [-0.4, -0.2) is 17.2 Å². The summed E-state index contributed by atoms with van der Waals surface area (Å²) >= 11 is 0. The van der Waals surface area contributed by atoms with Gasteiger partial charge >= 0.3 is 0 Å². The number of anilines is 1. The van der Waals surface area contributed by atoms with Gasteiger partial charge in [-0.15, -0.1) is 0 Å². The summed E-state index contributed by atoms with van der Waals surface area (Å²) in [5.74, 6) is 0.0207. The van der Waals surface area contributed by atoms with Gasteiger partial charge in [0.05, 0.1) is 11.4 Å². The maximum absolute atomic E-state index is 13.3. The molecule has 0 radical (unpaired) electrons. The van der Waals surface area contributed by atoms with Crippen LogP contribution in [0.2, 0.25) is 0 Å². The lowest BCUT2D eigenvalue weighted by Gasteiger charge is -2.43. The van der Waals surface area contributed by atoms with Crippen molar-refractivity contribution in [3.63, 3.8) is 0 Å². The number of carbonyl (C=O) groups is 1. The molecular formula is C22H23FN2O. The van der Waals surface area contributed by atoms with E-state index in [1.165, 1.54) is 23.3 Å². The third-order valence-electron chi connectivity index (χ3n) is 5.50. The average molecular weight is 350 g/mol. The Hall–Kier alpha value is -2.49. The fourth-order valence-electron chi connectivity index (χ4n) is 4.33. The van der Waals surface area contributed by atoms with Gasteiger partial charge in [0.1, 0.15) is 11.5 Å². The zero-order chi connectivity index (χ0) is 18.6. The van der Waals surface area contributed by atoms with Gasteiger partial charge in [-0.1, -0.05) is 19.9 Å². The van der Waals surface area contributed by atoms with Gasteiger partial charge in [0.2, 0.25) is 0 Å². The van der Waals surface area contributed by atoms with Crippen LogP contribution in [0.3, 0.4) is 0 Å². The van der Waals surface area contributed by atoms with Gasteiger partial charge in [-0.3, -0.25) is 4.79 Å². The van der Waals surface area contributed by atoms with E-state index in [0.717, 1.165) is 24.1 Å². The Morgan fingerprint density at radius 3 is 2.58 bits per heavy atom. The normalized spacial score (nSPS) is 22.0. The summed E-state index contributed by atoms with van der Waals surface area (Å²) in [6, 6.07) is 10.3. The minimum absolute atomic E-state index is 0.0595. The zero-order valence-electron chi connectivity index (χ0n) is 15.6. The van der Waals surface area contributed by atoms with E-state index in [4.69, 9.17) is 0 Å². The summed E-state index contributed by atoms with van der Waals surface area (Å²) in [5, 5.41) is 0. The smallest absolute Gasteiger partial charge is 0.278 e. The molecule has 134 valence electrons. The Balaban J connectivity index is 1.96. The number of hydrogen-bond donors (Lipinski definition) is 0. The molecule has 0 aromatic heterocycles. The van der Waals surface area contributed by atoms with Crippen molar-refractivity contribution in [3.05, 3.63) is 58.9 Å². The lowest BCUT2D eigenvalue weighted by atomic mass is 9.79. The first-order valence-corrected chi connectivity index (χ1v) is 9.18. The maximum Gasteiger partial charge on any atom is 0.278 e. The minimum atomic E-state index is -0.308. The number of aliphatic imine (C=N–C) groups is 1. The number of halogens is 1. The molecule has 0 N–H and O–H groups in total. The summed E-state index contributed by atoms with van der Waals surface area (Å²) in [7, 11) is 0. The SMILES string of the molecule is CCc1cc2c3c(c1)[C@H](C)CC(C)(C)N3C(=O)C2=Nc1ccc(F)cc1. The van der Waals surface area contributed by atoms with Crippen molar-refractivity contribution in [1.29, 1.82) is 0 Å². The van der Waals surface area contributed by atoms with Crippen molar-refractivity contribution >= 4 is 23.0 Å². The lowest BCUT2D eigenvalue weighted by Crippen LogP contribution is -2.50. The second kappa shape index (κ2) is 5.76. The number of aryl methyl sites for hydroxylation is 1. The molecule has 4 heteroatoms. The molecule has 4 rings (SSSR count). The molecule has 2 aliphatic heterocycles. The Bertz CT molecular complexity index is 928. The Kier molecular flexibility index (Phi) is 3.76. The molecule has 0 saturated heterocycles. The van der Waals surface area contributed by atoms with Crippen molar-refractivity contribution in [1.82, 2.24) is 0 Å². The molecule has 2 aliphatic rings. The van der Waals surface area contributed by atoms with Crippen LogP contribution in [-0.2, 0) is 11.2 Å². The molecular weight excluding hydrogens is 327 g/mol. The fraction of sp³-hybridized carbons (Fsp3) is 0.364. The molecule has 0 spiro atoms. The standard InChI is InChI=1S/C22H23FN2O/c1-5-14-10-17-13(2)12-22(3,4)25-20(17)18(11-14)19(21(25)26)24-16-8-6-15(23)7-9-16/h6-11,13H,5,12H2,1-4H3/t13-/m1/s1. The highest BCUT2D eigenvalue weighted by Crippen LogP contribution is 2.49. The summed E-state index contributed by atoms with van der Waals surface area (Å²) in [5.41, 5.74) is 5.17. The summed E-state index contributed by atoms with van der Waals surface area (Å²) in [6.45, 7) is 8.58. The van der Waals surface area contributed by atoms with Crippen LogP contribution >= 0.6 is 0 Å². The third kappa shape index (κ3) is 2.47. The highest BCUT2D eigenvalue weighted by atomic mass is 19.1. The number of carbonyl (C=O) groups excluding carboxylic acids is 1. The molecule has 1 atom stereocenters. The predicted octanol–water partition coefficient (Wildman–Crippen LogP) is 5.14. The molecule has 2 heterocycles. The number of hydrogen-bond acceptors (Lipinski definition) is 2. The lowest BCUT2D eigenvalue weighted by molar-refractivity contribution is -0.113. The number of rotatable bonds is 2. The molecule has 2 aromatic rings. The number of amides is 1. The first kappa shape index (κ1) is 17.0. The van der Waals surface area contributed by atoms with E-state index in [2.05, 4.69) is 44.8 Å². The van der Waals surface area contributed by atoms with E-state index in [1.54, 1.807) is 12.1 Å². The number of nitrogens with zero attached hydrogens (tertiary/aromatic N) is 2. The molecule has 0 aliphatic carbocycles. The van der Waals surface area contributed by atoms with Crippen LogP contribution in [0, 0.1) is 5.82 Å². The van der Waals surface area contributed by atoms with Gasteiger partial charge in [-0.05, 0) is 74.1 Å². The molecule has 26 heavy (non-hydrogen) atoms. The first-order valence-electron chi connectivity index (χ1n) is 9.18. The summed E-state index contributed by atoms with van der Waals surface area (Å²) in [4.78, 5) is 19.8. The predicted molar refractivity (Wildman–Crippen MR) is 103 cm³/mol. The molecule has 0 saturated carbocycles. The Morgan fingerprint density at radius 2 is 1.92 bits per heavy atom. The molecule has 0 unspecified atom stereocenters. The van der Waals surface area contributed by atoms with Gasteiger partial charge in [-0.25, -0.2) is 9.38 Å². The van der Waals surface area contributed by atoms with Crippen molar-refractivity contribution in [3.8, 4) is 0 Å². The summed E-state index contributed by atoms with van der Waals surface area (Å²) in [6.07, 6.45) is 1.83. The second-order valence-electron chi connectivity index (χ2n) is 7.93. The first-order chi connectivity index (χ1) is 12.3. The largest absolute Gasteiger partial charge is 0.300 e. The Labute approximate surface area is 153 Å². The van der Waals surface area contributed by atoms with Gasteiger partial charge < -0.3 is 4.90 Å². The highest BCUT2D eigenvalue weighted by Gasteiger charge is 2.48. The van der Waals surface area contributed by atoms with Gasteiger partial charge in [-0.2, -0.15) is 0 Å². The number of benzene rings is 2. The highest BCUT2D eigenvalue weighted by molar-refractivity contribution is 6.55. The third-order valence-corrected chi connectivity index (χ3v) is 5.50. The minimum Gasteiger partial charge on any atom is -0.300 e. The van der Waals surface area contributed by atoms with Gasteiger partial charge in [0, 0.05) is 11.1 Å². The van der Waals surface area contributed by atoms with E-state index >= 15 is 0 Å². The van der Waals surface area contributed by atoms with Gasteiger partial charge in [0.15, 0.2) is 0 Å². The van der Waals surface area contributed by atoms with Crippen LogP contribution in [0.5, 0.6) is 0 Å². The van der Waals surface area contributed by atoms with Crippen molar-refractivity contribution < 1.29 is 9.18 Å². The van der Waals surface area contributed by atoms with Crippen molar-refractivity contribution in [2.24, 2.45) is 4.99 Å². The second-order valence-corrected chi connectivity index (χ2v) is 7.93. The van der Waals surface area contributed by atoms with E-state index in [1.807, 2.05) is 4.90 Å². The van der Waals surface area contributed by atoms with E-state index in [0.29, 0.717) is 17.3 Å². The molecule has 0 bridgehead atoms. The van der Waals surface area contributed by atoms with E-state index in [-0.39, 0.29) is 17.3 Å². The monoisotopic (exact) mass is 350 g/mol. The average Bonchev–Trinajstić information content (AvgIpc) is 2.87. The fourth-order valence-corrected chi connectivity index (χ4v) is 4.33. The van der Waals surface area contributed by atoms with Crippen molar-refractivity contribution in [2.45, 2.75) is 52.0 Å². The molecule has 3 nitrogen and oxygen atoms in total. The Morgan fingerprint density at radius 1 is 1.23 bits per heavy atom. The van der Waals surface area contributed by atoms with Crippen LogP contribution < -0.4 is 4.90 Å². The van der Waals surface area contributed by atoms with Crippen molar-refractivity contribution in [2.75, 3.05) is 4.90 Å². The van der Waals surface area contributed by atoms with E-state index < -0.39 is 0 Å².